The maximum Gasteiger partial charge on any atom is 0.410 e. The second kappa shape index (κ2) is 11.0. The summed E-state index contributed by atoms with van der Waals surface area (Å²) in [4.78, 5) is 42.4. The van der Waals surface area contributed by atoms with Crippen molar-refractivity contribution in [3.05, 3.63) is 71.8 Å². The normalized spacial score (nSPS) is 18.7. The van der Waals surface area contributed by atoms with Crippen LogP contribution in [-0.4, -0.2) is 59.4 Å². The third-order valence-electron chi connectivity index (χ3n) is 6.31. The first-order valence-electron chi connectivity index (χ1n) is 11.7. The van der Waals surface area contributed by atoms with Crippen LogP contribution >= 0.6 is 0 Å². The Morgan fingerprint density at radius 1 is 0.879 bits per heavy atom. The molecule has 7 nitrogen and oxygen atoms in total. The molecule has 2 aliphatic rings. The number of nitrogens with zero attached hydrogens (tertiary/aromatic N) is 2. The molecule has 4 rings (SSSR count). The van der Waals surface area contributed by atoms with E-state index in [1.807, 2.05) is 65.6 Å². The molecule has 33 heavy (non-hydrogen) atoms. The number of carbonyl (C=O) groups is 3. The highest BCUT2D eigenvalue weighted by Gasteiger charge is 2.37. The summed E-state index contributed by atoms with van der Waals surface area (Å²) in [7, 11) is 0. The van der Waals surface area contributed by atoms with E-state index in [-0.39, 0.29) is 18.4 Å². The molecule has 0 aliphatic carbocycles. The number of likely N-dealkylation sites (tertiary alicyclic amines) is 2. The van der Waals surface area contributed by atoms with E-state index in [1.54, 1.807) is 0 Å². The maximum atomic E-state index is 13.2. The molecule has 0 aromatic heterocycles. The average Bonchev–Trinajstić information content (AvgIpc) is 3.56. The molecule has 2 aromatic rings. The highest BCUT2D eigenvalue weighted by atomic mass is 16.6. The second-order valence-corrected chi connectivity index (χ2v) is 8.67. The summed E-state index contributed by atoms with van der Waals surface area (Å²) in [5.74, 6) is -0.349. The van der Waals surface area contributed by atoms with Crippen LogP contribution in [0.4, 0.5) is 4.79 Å². The van der Waals surface area contributed by atoms with Crippen LogP contribution < -0.4 is 5.32 Å². The van der Waals surface area contributed by atoms with E-state index in [9.17, 15) is 14.4 Å². The zero-order valence-electron chi connectivity index (χ0n) is 18.8. The molecule has 0 saturated carbocycles. The number of nitrogens with one attached hydrogen (secondary N) is 1. The van der Waals surface area contributed by atoms with Gasteiger partial charge in [-0.25, -0.2) is 4.79 Å². The van der Waals surface area contributed by atoms with Crippen LogP contribution in [-0.2, 0) is 27.4 Å². The molecule has 2 saturated heterocycles. The van der Waals surface area contributed by atoms with Crippen LogP contribution in [0.3, 0.4) is 0 Å². The van der Waals surface area contributed by atoms with Crippen LogP contribution in [0.25, 0.3) is 0 Å². The van der Waals surface area contributed by atoms with E-state index >= 15 is 0 Å². The van der Waals surface area contributed by atoms with Crippen LogP contribution in [0.1, 0.15) is 36.8 Å². The van der Waals surface area contributed by atoms with Crippen LogP contribution in [0.5, 0.6) is 0 Å². The first-order valence-corrected chi connectivity index (χ1v) is 11.7. The standard InChI is InChI=1S/C26H31N3O4/c30-24(23-14-9-17-29(23)26(32)33-19-21-12-5-2-6-13-21)27-22(18-20-10-3-1-4-11-20)25(31)28-15-7-8-16-28/h1-6,10-13,22-23H,7-9,14-19H2,(H,27,30)/t22-,23-/m0/s1. The van der Waals surface area contributed by atoms with Gasteiger partial charge in [-0.1, -0.05) is 60.7 Å². The molecule has 2 aromatic carbocycles. The lowest BCUT2D eigenvalue weighted by Gasteiger charge is -2.28. The number of ether oxygens (including phenoxy) is 1. The van der Waals surface area contributed by atoms with Gasteiger partial charge in [-0.05, 0) is 36.8 Å². The van der Waals surface area contributed by atoms with Gasteiger partial charge < -0.3 is 15.0 Å². The molecule has 2 heterocycles. The summed E-state index contributed by atoms with van der Waals surface area (Å²) in [5, 5.41) is 2.96. The summed E-state index contributed by atoms with van der Waals surface area (Å²) >= 11 is 0. The Balaban J connectivity index is 1.41. The van der Waals surface area contributed by atoms with Gasteiger partial charge in [0.25, 0.3) is 0 Å². The minimum Gasteiger partial charge on any atom is -0.445 e. The zero-order valence-corrected chi connectivity index (χ0v) is 18.8. The first kappa shape index (κ1) is 22.8. The summed E-state index contributed by atoms with van der Waals surface area (Å²) in [6.45, 7) is 2.08. The average molecular weight is 450 g/mol. The van der Waals surface area contributed by atoms with Crippen molar-refractivity contribution in [2.75, 3.05) is 19.6 Å². The first-order chi connectivity index (χ1) is 16.1. The highest BCUT2D eigenvalue weighted by Crippen LogP contribution is 2.20. The van der Waals surface area contributed by atoms with Crippen LogP contribution in [0, 0.1) is 0 Å². The topological polar surface area (TPSA) is 79.0 Å². The quantitative estimate of drug-likeness (QED) is 0.704. The minimum atomic E-state index is -0.652. The highest BCUT2D eigenvalue weighted by molar-refractivity contribution is 5.91. The lowest BCUT2D eigenvalue weighted by molar-refractivity contribution is -0.136. The van der Waals surface area contributed by atoms with Gasteiger partial charge in [-0.2, -0.15) is 0 Å². The van der Waals surface area contributed by atoms with Crippen molar-refractivity contribution in [3.8, 4) is 0 Å². The molecule has 0 radical (unpaired) electrons. The number of rotatable bonds is 7. The van der Waals surface area contributed by atoms with Gasteiger partial charge in [0.2, 0.25) is 11.8 Å². The van der Waals surface area contributed by atoms with E-state index in [4.69, 9.17) is 4.74 Å². The molecule has 3 amide bonds. The lowest BCUT2D eigenvalue weighted by atomic mass is 10.0. The second-order valence-electron chi connectivity index (χ2n) is 8.67. The van der Waals surface area contributed by atoms with Crippen LogP contribution in [0.15, 0.2) is 60.7 Å². The van der Waals surface area contributed by atoms with Crippen molar-refractivity contribution in [1.82, 2.24) is 15.1 Å². The Bertz CT molecular complexity index is 945. The summed E-state index contributed by atoms with van der Waals surface area (Å²) in [6, 6.07) is 17.9. The van der Waals surface area contributed by atoms with Crippen molar-refractivity contribution in [1.29, 1.82) is 0 Å². The van der Waals surface area contributed by atoms with Gasteiger partial charge in [-0.3, -0.25) is 14.5 Å². The molecule has 174 valence electrons. The van der Waals surface area contributed by atoms with Gasteiger partial charge in [0.15, 0.2) is 0 Å². The minimum absolute atomic E-state index is 0.0547. The van der Waals surface area contributed by atoms with Crippen molar-refractivity contribution < 1.29 is 19.1 Å². The van der Waals surface area contributed by atoms with Gasteiger partial charge >= 0.3 is 6.09 Å². The van der Waals surface area contributed by atoms with Gasteiger partial charge in [0, 0.05) is 26.1 Å². The number of carbonyl (C=O) groups excluding carboxylic acids is 3. The monoisotopic (exact) mass is 449 g/mol. The Labute approximate surface area is 194 Å². The third kappa shape index (κ3) is 5.92. The lowest BCUT2D eigenvalue weighted by Crippen LogP contribution is -2.54. The summed E-state index contributed by atoms with van der Waals surface area (Å²) in [5.41, 5.74) is 1.88. The zero-order chi connectivity index (χ0) is 23.0. The van der Waals surface area contributed by atoms with E-state index in [0.717, 1.165) is 43.5 Å². The smallest absolute Gasteiger partial charge is 0.410 e. The fourth-order valence-electron chi connectivity index (χ4n) is 4.54. The molecular weight excluding hydrogens is 418 g/mol. The molecule has 1 N–H and O–H groups in total. The van der Waals surface area contributed by atoms with E-state index in [2.05, 4.69) is 5.32 Å². The van der Waals surface area contributed by atoms with Crippen LogP contribution in [0.2, 0.25) is 0 Å². The Morgan fingerprint density at radius 3 is 2.18 bits per heavy atom. The maximum absolute atomic E-state index is 13.2. The predicted molar refractivity (Wildman–Crippen MR) is 124 cm³/mol. The number of hydrogen-bond acceptors (Lipinski definition) is 4. The Kier molecular flexibility index (Phi) is 7.60. The van der Waals surface area contributed by atoms with Crippen molar-refractivity contribution in [2.45, 2.75) is 50.8 Å². The fourth-order valence-corrected chi connectivity index (χ4v) is 4.54. The molecule has 7 heteroatoms. The van der Waals surface area contributed by atoms with E-state index in [0.29, 0.717) is 19.4 Å². The SMILES string of the molecule is O=C(N[C@@H](Cc1ccccc1)C(=O)N1CCCC1)[C@@H]1CCCN1C(=O)OCc1ccccc1. The molecule has 2 fully saturated rings. The van der Waals surface area contributed by atoms with Crippen molar-refractivity contribution >= 4 is 17.9 Å². The fraction of sp³-hybridized carbons (Fsp3) is 0.423. The van der Waals surface area contributed by atoms with Gasteiger partial charge in [0.1, 0.15) is 18.7 Å². The van der Waals surface area contributed by atoms with Crippen molar-refractivity contribution in [3.63, 3.8) is 0 Å². The van der Waals surface area contributed by atoms with Gasteiger partial charge in [0.05, 0.1) is 0 Å². The summed E-state index contributed by atoms with van der Waals surface area (Å²) < 4.78 is 5.45. The van der Waals surface area contributed by atoms with E-state index in [1.165, 1.54) is 4.90 Å². The molecule has 0 bridgehead atoms. The number of amides is 3. The molecule has 0 unspecified atom stereocenters. The Hall–Kier alpha value is -3.35. The summed E-state index contributed by atoms with van der Waals surface area (Å²) in [6.07, 6.45) is 3.18. The molecule has 2 aliphatic heterocycles. The third-order valence-corrected chi connectivity index (χ3v) is 6.31. The number of benzene rings is 2. The van der Waals surface area contributed by atoms with E-state index < -0.39 is 18.2 Å². The molecule has 0 spiro atoms. The number of hydrogen-bond donors (Lipinski definition) is 1. The molecule has 2 atom stereocenters. The Morgan fingerprint density at radius 2 is 1.52 bits per heavy atom. The largest absolute Gasteiger partial charge is 0.445 e. The predicted octanol–water partition coefficient (Wildman–Crippen LogP) is 3.14. The van der Waals surface area contributed by atoms with Crippen molar-refractivity contribution in [2.24, 2.45) is 0 Å². The van der Waals surface area contributed by atoms with Gasteiger partial charge in [-0.15, -0.1) is 0 Å². The molecular formula is C26H31N3O4.